The smallest absolute Gasteiger partial charge is 0.361 e. The topological polar surface area (TPSA) is 52.9 Å². The van der Waals surface area contributed by atoms with Crippen molar-refractivity contribution in [2.24, 2.45) is 4.99 Å². The number of carboxylic acids is 1. The van der Waals surface area contributed by atoms with Crippen LogP contribution in [0.3, 0.4) is 0 Å². The second-order valence-corrected chi connectivity index (χ2v) is 4.39. The molecule has 0 saturated heterocycles. The lowest BCUT2D eigenvalue weighted by atomic mass is 10.4. The number of thioether (sulfide) groups is 1. The summed E-state index contributed by atoms with van der Waals surface area (Å²) in [5.74, 6) is -0.958. The maximum atomic E-state index is 10.8. The molecule has 0 spiro atoms. The van der Waals surface area contributed by atoms with Crippen molar-refractivity contribution in [3.8, 4) is 0 Å². The third-order valence-corrected chi connectivity index (χ3v) is 2.74. The second kappa shape index (κ2) is 5.17. The summed E-state index contributed by atoms with van der Waals surface area (Å²) in [6.45, 7) is 6.04. The Morgan fingerprint density at radius 3 is 3.07 bits per heavy atom. The fourth-order valence-electron chi connectivity index (χ4n) is 1.21. The predicted molar refractivity (Wildman–Crippen MR) is 58.8 cm³/mol. The van der Waals surface area contributed by atoms with E-state index in [1.807, 2.05) is 7.05 Å². The quantitative estimate of drug-likeness (QED) is 0.709. The molecule has 0 aliphatic carbocycles. The van der Waals surface area contributed by atoms with E-state index in [4.69, 9.17) is 5.11 Å². The van der Waals surface area contributed by atoms with Gasteiger partial charge in [0, 0.05) is 13.1 Å². The number of hydrogen-bond acceptors (Lipinski definition) is 4. The highest BCUT2D eigenvalue weighted by Gasteiger charge is 2.14. The molecule has 1 heterocycles. The van der Waals surface area contributed by atoms with Crippen molar-refractivity contribution < 1.29 is 9.90 Å². The Morgan fingerprint density at radius 2 is 2.43 bits per heavy atom. The number of nitrogens with zero attached hydrogens (tertiary/aromatic N) is 2. The van der Waals surface area contributed by atoms with Crippen molar-refractivity contribution in [2.45, 2.75) is 6.42 Å². The fourth-order valence-corrected chi connectivity index (χ4v) is 2.02. The lowest BCUT2D eigenvalue weighted by Crippen LogP contribution is -2.21. The van der Waals surface area contributed by atoms with Crippen molar-refractivity contribution in [3.63, 3.8) is 0 Å². The SMILES string of the molecule is C=C1CN(C)CCCN=C(C(=O)O)S1. The molecule has 0 bridgehead atoms. The summed E-state index contributed by atoms with van der Waals surface area (Å²) in [6, 6.07) is 0. The molecule has 5 heteroatoms. The van der Waals surface area contributed by atoms with Gasteiger partial charge in [0.25, 0.3) is 0 Å². The van der Waals surface area contributed by atoms with Crippen LogP contribution >= 0.6 is 11.8 Å². The van der Waals surface area contributed by atoms with Gasteiger partial charge in [-0.25, -0.2) is 4.79 Å². The first-order valence-corrected chi connectivity index (χ1v) is 5.23. The molecule has 0 aromatic carbocycles. The Hall–Kier alpha value is -0.810. The third-order valence-electron chi connectivity index (χ3n) is 1.82. The van der Waals surface area contributed by atoms with Gasteiger partial charge in [0.05, 0.1) is 0 Å². The Bertz CT molecular complexity index is 276. The fraction of sp³-hybridized carbons (Fsp3) is 0.556. The number of aliphatic imine (C=N–C) groups is 1. The molecule has 0 saturated carbocycles. The average Bonchev–Trinajstić information content (AvgIpc) is 2.15. The molecule has 14 heavy (non-hydrogen) atoms. The molecule has 0 atom stereocenters. The van der Waals surface area contributed by atoms with Gasteiger partial charge >= 0.3 is 5.97 Å². The lowest BCUT2D eigenvalue weighted by Gasteiger charge is -2.15. The van der Waals surface area contributed by atoms with Crippen molar-refractivity contribution >= 4 is 22.8 Å². The molecular formula is C9H14N2O2S. The number of likely N-dealkylation sites (N-methyl/N-ethyl adjacent to an activating group) is 1. The average molecular weight is 214 g/mol. The molecule has 78 valence electrons. The van der Waals surface area contributed by atoms with E-state index in [2.05, 4.69) is 16.5 Å². The van der Waals surface area contributed by atoms with Gasteiger partial charge in [-0.3, -0.25) is 4.99 Å². The first-order chi connectivity index (χ1) is 6.59. The minimum Gasteiger partial charge on any atom is -0.476 e. The molecule has 1 rings (SSSR count). The van der Waals surface area contributed by atoms with Crippen LogP contribution in [0.15, 0.2) is 16.5 Å². The zero-order valence-corrected chi connectivity index (χ0v) is 9.01. The molecule has 0 aromatic rings. The first kappa shape index (κ1) is 11.3. The van der Waals surface area contributed by atoms with Crippen LogP contribution in [0.5, 0.6) is 0 Å². The van der Waals surface area contributed by atoms with Gasteiger partial charge in [0.15, 0.2) is 5.04 Å². The van der Waals surface area contributed by atoms with Crippen molar-refractivity contribution in [1.29, 1.82) is 0 Å². The molecule has 0 amide bonds. The van der Waals surface area contributed by atoms with Gasteiger partial charge in [-0.1, -0.05) is 18.3 Å². The zero-order chi connectivity index (χ0) is 10.6. The Kier molecular flexibility index (Phi) is 4.16. The minimum absolute atomic E-state index is 0.158. The monoisotopic (exact) mass is 214 g/mol. The Balaban J connectivity index is 2.69. The van der Waals surface area contributed by atoms with Gasteiger partial charge in [-0.05, 0) is 24.9 Å². The van der Waals surface area contributed by atoms with E-state index < -0.39 is 5.97 Å². The van der Waals surface area contributed by atoms with Crippen molar-refractivity contribution in [3.05, 3.63) is 11.5 Å². The summed E-state index contributed by atoms with van der Waals surface area (Å²) in [5, 5.41) is 8.98. The zero-order valence-electron chi connectivity index (χ0n) is 8.19. The maximum absolute atomic E-state index is 10.8. The molecule has 1 N–H and O–H groups in total. The number of carbonyl (C=O) groups is 1. The van der Waals surface area contributed by atoms with E-state index in [-0.39, 0.29) is 5.04 Å². The summed E-state index contributed by atoms with van der Waals surface area (Å²) in [5.41, 5.74) is 0. The largest absolute Gasteiger partial charge is 0.476 e. The molecular weight excluding hydrogens is 200 g/mol. The van der Waals surface area contributed by atoms with E-state index in [0.717, 1.165) is 36.2 Å². The molecule has 0 radical (unpaired) electrons. The molecule has 0 unspecified atom stereocenters. The second-order valence-electron chi connectivity index (χ2n) is 3.22. The van der Waals surface area contributed by atoms with Gasteiger partial charge in [-0.2, -0.15) is 0 Å². The Morgan fingerprint density at radius 1 is 1.71 bits per heavy atom. The standard InChI is InChI=1S/C9H14N2O2S/c1-7-6-11(2)5-3-4-10-8(14-7)9(12)13/h1,3-6H2,2H3,(H,12,13). The van der Waals surface area contributed by atoms with Crippen LogP contribution in [0.1, 0.15) is 6.42 Å². The highest BCUT2D eigenvalue weighted by atomic mass is 32.2. The van der Waals surface area contributed by atoms with Crippen molar-refractivity contribution in [1.82, 2.24) is 4.90 Å². The third kappa shape index (κ3) is 3.51. The van der Waals surface area contributed by atoms with Gasteiger partial charge in [0.1, 0.15) is 0 Å². The normalized spacial score (nSPS) is 20.6. The van der Waals surface area contributed by atoms with E-state index in [1.54, 1.807) is 0 Å². The van der Waals surface area contributed by atoms with E-state index >= 15 is 0 Å². The summed E-state index contributed by atoms with van der Waals surface area (Å²) in [4.78, 5) is 17.7. The van der Waals surface area contributed by atoms with E-state index in [0.29, 0.717) is 6.54 Å². The number of rotatable bonds is 1. The van der Waals surface area contributed by atoms with Gasteiger partial charge < -0.3 is 10.0 Å². The van der Waals surface area contributed by atoms with Crippen LogP contribution in [-0.4, -0.2) is 47.7 Å². The van der Waals surface area contributed by atoms with Crippen LogP contribution in [-0.2, 0) is 4.79 Å². The minimum atomic E-state index is -0.958. The number of carboxylic acid groups (broad SMARTS) is 1. The molecule has 1 aliphatic rings. The first-order valence-electron chi connectivity index (χ1n) is 4.41. The van der Waals surface area contributed by atoms with Crippen LogP contribution in [0.4, 0.5) is 0 Å². The van der Waals surface area contributed by atoms with Crippen LogP contribution in [0.2, 0.25) is 0 Å². The van der Waals surface area contributed by atoms with Crippen LogP contribution < -0.4 is 0 Å². The summed E-state index contributed by atoms with van der Waals surface area (Å²) < 4.78 is 0. The van der Waals surface area contributed by atoms with Gasteiger partial charge in [0.2, 0.25) is 0 Å². The summed E-state index contributed by atoms with van der Waals surface area (Å²) >= 11 is 1.16. The molecule has 0 aromatic heterocycles. The molecule has 4 nitrogen and oxygen atoms in total. The van der Waals surface area contributed by atoms with Gasteiger partial charge in [-0.15, -0.1) is 0 Å². The molecule has 0 fully saturated rings. The predicted octanol–water partition coefficient (Wildman–Crippen LogP) is 1.05. The maximum Gasteiger partial charge on any atom is 0.361 e. The van der Waals surface area contributed by atoms with Crippen molar-refractivity contribution in [2.75, 3.05) is 26.7 Å². The van der Waals surface area contributed by atoms with Crippen LogP contribution in [0.25, 0.3) is 0 Å². The van der Waals surface area contributed by atoms with Crippen LogP contribution in [0, 0.1) is 0 Å². The molecule has 1 aliphatic heterocycles. The van der Waals surface area contributed by atoms with E-state index in [9.17, 15) is 4.79 Å². The number of aliphatic carboxylic acids is 1. The highest BCUT2D eigenvalue weighted by molar-refractivity contribution is 8.18. The van der Waals surface area contributed by atoms with E-state index in [1.165, 1.54) is 0 Å². The lowest BCUT2D eigenvalue weighted by molar-refractivity contribution is -0.129. The highest BCUT2D eigenvalue weighted by Crippen LogP contribution is 2.18. The summed E-state index contributed by atoms with van der Waals surface area (Å²) in [6.07, 6.45) is 0.890. The summed E-state index contributed by atoms with van der Waals surface area (Å²) in [7, 11) is 2.00. The number of hydrogen-bond donors (Lipinski definition) is 1. The Labute approximate surface area is 87.7 Å².